The highest BCUT2D eigenvalue weighted by atomic mass is 16.3. The highest BCUT2D eigenvalue weighted by Gasteiger charge is 2.24. The third kappa shape index (κ3) is 2.04. The van der Waals surface area contributed by atoms with Crippen molar-refractivity contribution in [3.8, 4) is 0 Å². The summed E-state index contributed by atoms with van der Waals surface area (Å²) in [4.78, 5) is 6.41. The van der Waals surface area contributed by atoms with Gasteiger partial charge in [0.25, 0.3) is 0 Å². The van der Waals surface area contributed by atoms with Crippen molar-refractivity contribution in [3.63, 3.8) is 0 Å². The Morgan fingerprint density at radius 2 is 2.47 bits per heavy atom. The fraction of sp³-hybridized carbons (Fsp3) is 0.545. The second kappa shape index (κ2) is 4.49. The van der Waals surface area contributed by atoms with Crippen molar-refractivity contribution in [3.05, 3.63) is 18.5 Å². The van der Waals surface area contributed by atoms with Crippen LogP contribution in [0.15, 0.2) is 18.5 Å². The van der Waals surface area contributed by atoms with Gasteiger partial charge in [0, 0.05) is 13.6 Å². The van der Waals surface area contributed by atoms with Crippen LogP contribution in [-0.4, -0.2) is 36.3 Å². The van der Waals surface area contributed by atoms with Crippen molar-refractivity contribution in [2.24, 2.45) is 0 Å². The van der Waals surface area contributed by atoms with Gasteiger partial charge in [-0.1, -0.05) is 0 Å². The summed E-state index contributed by atoms with van der Waals surface area (Å²) in [6.45, 7) is 1.24. The van der Waals surface area contributed by atoms with E-state index in [9.17, 15) is 5.11 Å². The molecule has 1 fully saturated rings. The molecule has 0 saturated carbocycles. The summed E-state index contributed by atoms with van der Waals surface area (Å²) < 4.78 is 0. The number of anilines is 2. The smallest absolute Gasteiger partial charge is 0.0635 e. The van der Waals surface area contributed by atoms with Crippen molar-refractivity contribution in [1.82, 2.24) is 4.98 Å². The molecular weight excluding hydrogens is 190 g/mol. The summed E-state index contributed by atoms with van der Waals surface area (Å²) >= 11 is 0. The van der Waals surface area contributed by atoms with Crippen molar-refractivity contribution < 1.29 is 5.11 Å². The van der Waals surface area contributed by atoms with Crippen LogP contribution in [0.1, 0.15) is 12.8 Å². The van der Waals surface area contributed by atoms with Gasteiger partial charge in [-0.3, -0.25) is 4.98 Å². The molecule has 4 heteroatoms. The molecule has 4 nitrogen and oxygen atoms in total. The summed E-state index contributed by atoms with van der Waals surface area (Å²) in [5.41, 5.74) is 2.11. The van der Waals surface area contributed by atoms with Crippen LogP contribution in [0, 0.1) is 0 Å². The fourth-order valence-electron chi connectivity index (χ4n) is 2.09. The maximum atomic E-state index is 9.25. The lowest BCUT2D eigenvalue weighted by molar-refractivity contribution is 0.266. The molecule has 1 aliphatic rings. The summed E-state index contributed by atoms with van der Waals surface area (Å²) in [6, 6.07) is 2.33. The Morgan fingerprint density at radius 3 is 3.20 bits per heavy atom. The number of aliphatic hydroxyl groups is 1. The van der Waals surface area contributed by atoms with Crippen LogP contribution >= 0.6 is 0 Å². The highest BCUT2D eigenvalue weighted by Crippen LogP contribution is 2.26. The SMILES string of the molecule is CNc1cncc(N2CCCC2CO)c1. The Bertz CT molecular complexity index is 329. The van der Waals surface area contributed by atoms with Crippen LogP contribution < -0.4 is 10.2 Å². The third-order valence-electron chi connectivity index (χ3n) is 2.93. The molecule has 1 atom stereocenters. The zero-order valence-electron chi connectivity index (χ0n) is 8.98. The van der Waals surface area contributed by atoms with E-state index in [1.54, 1.807) is 6.20 Å². The average Bonchev–Trinajstić information content (AvgIpc) is 2.77. The fourth-order valence-corrected chi connectivity index (χ4v) is 2.09. The number of pyridine rings is 1. The standard InChI is InChI=1S/C11H17N3O/c1-12-9-5-11(7-13-6-9)14-4-2-3-10(14)8-15/h5-7,10,12,15H,2-4,8H2,1H3. The van der Waals surface area contributed by atoms with Gasteiger partial charge in [0.05, 0.1) is 36.4 Å². The van der Waals surface area contributed by atoms with Crippen LogP contribution in [0.5, 0.6) is 0 Å². The summed E-state index contributed by atoms with van der Waals surface area (Å²) in [5, 5.41) is 12.3. The zero-order chi connectivity index (χ0) is 10.7. The van der Waals surface area contributed by atoms with E-state index in [-0.39, 0.29) is 12.6 Å². The quantitative estimate of drug-likeness (QED) is 0.778. The van der Waals surface area contributed by atoms with E-state index in [1.165, 1.54) is 0 Å². The minimum Gasteiger partial charge on any atom is -0.394 e. The molecule has 2 heterocycles. The molecule has 1 aromatic rings. The van der Waals surface area contributed by atoms with E-state index in [1.807, 2.05) is 13.2 Å². The van der Waals surface area contributed by atoms with Gasteiger partial charge in [-0.15, -0.1) is 0 Å². The first-order chi connectivity index (χ1) is 7.35. The molecule has 0 aliphatic carbocycles. The average molecular weight is 207 g/mol. The zero-order valence-corrected chi connectivity index (χ0v) is 8.98. The molecule has 0 aromatic carbocycles. The van der Waals surface area contributed by atoms with Crippen molar-refractivity contribution in [2.75, 3.05) is 30.4 Å². The lowest BCUT2D eigenvalue weighted by atomic mass is 10.2. The minimum absolute atomic E-state index is 0.226. The Hall–Kier alpha value is -1.29. The molecule has 1 saturated heterocycles. The van der Waals surface area contributed by atoms with Crippen molar-refractivity contribution in [2.45, 2.75) is 18.9 Å². The summed E-state index contributed by atoms with van der Waals surface area (Å²) in [6.07, 6.45) is 5.87. The van der Waals surface area contributed by atoms with Crippen LogP contribution in [0.25, 0.3) is 0 Å². The number of rotatable bonds is 3. The molecule has 1 unspecified atom stereocenters. The normalized spacial score (nSPS) is 20.7. The number of nitrogens with one attached hydrogen (secondary N) is 1. The van der Waals surface area contributed by atoms with Gasteiger partial charge in [0.15, 0.2) is 0 Å². The molecule has 15 heavy (non-hydrogen) atoms. The van der Waals surface area contributed by atoms with E-state index in [0.29, 0.717) is 0 Å². The van der Waals surface area contributed by atoms with E-state index in [0.717, 1.165) is 30.8 Å². The Labute approximate surface area is 89.9 Å². The molecule has 2 rings (SSSR count). The lowest BCUT2D eigenvalue weighted by Gasteiger charge is -2.25. The van der Waals surface area contributed by atoms with E-state index in [4.69, 9.17) is 0 Å². The third-order valence-corrected chi connectivity index (χ3v) is 2.93. The number of aliphatic hydroxyl groups excluding tert-OH is 1. The maximum Gasteiger partial charge on any atom is 0.0635 e. The highest BCUT2D eigenvalue weighted by molar-refractivity contribution is 5.56. The second-order valence-corrected chi connectivity index (χ2v) is 3.85. The Balaban J connectivity index is 2.20. The topological polar surface area (TPSA) is 48.4 Å². The Morgan fingerprint density at radius 1 is 1.60 bits per heavy atom. The molecule has 0 bridgehead atoms. The Kier molecular flexibility index (Phi) is 3.06. The van der Waals surface area contributed by atoms with Crippen LogP contribution in [-0.2, 0) is 0 Å². The molecule has 0 radical (unpaired) electrons. The van der Waals surface area contributed by atoms with Gasteiger partial charge in [0.1, 0.15) is 0 Å². The molecule has 0 spiro atoms. The molecule has 2 N–H and O–H groups in total. The summed E-state index contributed by atoms with van der Waals surface area (Å²) in [5.74, 6) is 0. The molecule has 0 amide bonds. The number of hydrogen-bond donors (Lipinski definition) is 2. The van der Waals surface area contributed by atoms with Gasteiger partial charge < -0.3 is 15.3 Å². The molecule has 1 aliphatic heterocycles. The van der Waals surface area contributed by atoms with E-state index < -0.39 is 0 Å². The van der Waals surface area contributed by atoms with Gasteiger partial charge in [-0.05, 0) is 18.9 Å². The molecule has 82 valence electrons. The number of aromatic nitrogens is 1. The second-order valence-electron chi connectivity index (χ2n) is 3.85. The lowest BCUT2D eigenvalue weighted by Crippen LogP contribution is -2.32. The van der Waals surface area contributed by atoms with Crippen LogP contribution in [0.3, 0.4) is 0 Å². The molecular formula is C11H17N3O. The van der Waals surface area contributed by atoms with Gasteiger partial charge in [-0.25, -0.2) is 0 Å². The first kappa shape index (κ1) is 10.2. The largest absolute Gasteiger partial charge is 0.394 e. The van der Waals surface area contributed by atoms with E-state index in [2.05, 4.69) is 21.3 Å². The van der Waals surface area contributed by atoms with Gasteiger partial charge in [0.2, 0.25) is 0 Å². The number of nitrogens with zero attached hydrogens (tertiary/aromatic N) is 2. The summed E-state index contributed by atoms with van der Waals surface area (Å²) in [7, 11) is 1.88. The predicted octanol–water partition coefficient (Wildman–Crippen LogP) is 1.08. The van der Waals surface area contributed by atoms with Crippen molar-refractivity contribution in [1.29, 1.82) is 0 Å². The monoisotopic (exact) mass is 207 g/mol. The van der Waals surface area contributed by atoms with Crippen LogP contribution in [0.2, 0.25) is 0 Å². The molecule has 1 aromatic heterocycles. The van der Waals surface area contributed by atoms with Crippen LogP contribution in [0.4, 0.5) is 11.4 Å². The minimum atomic E-state index is 0.226. The maximum absolute atomic E-state index is 9.25. The van der Waals surface area contributed by atoms with Gasteiger partial charge in [-0.2, -0.15) is 0 Å². The first-order valence-electron chi connectivity index (χ1n) is 5.35. The van der Waals surface area contributed by atoms with Crippen molar-refractivity contribution >= 4 is 11.4 Å². The van der Waals surface area contributed by atoms with E-state index >= 15 is 0 Å². The predicted molar refractivity (Wildman–Crippen MR) is 61.2 cm³/mol. The first-order valence-corrected chi connectivity index (χ1v) is 5.35. The number of hydrogen-bond acceptors (Lipinski definition) is 4. The van der Waals surface area contributed by atoms with Gasteiger partial charge >= 0.3 is 0 Å².